The highest BCUT2D eigenvalue weighted by Crippen LogP contribution is 2.23. The quantitative estimate of drug-likeness (QED) is 0.639. The van der Waals surface area contributed by atoms with E-state index in [-0.39, 0.29) is 11.3 Å². The number of para-hydroxylation sites is 1. The van der Waals surface area contributed by atoms with Crippen LogP contribution in [0.5, 0.6) is 11.5 Å². The number of hydrogen-bond donors (Lipinski definition) is 1. The van der Waals surface area contributed by atoms with E-state index in [1.165, 1.54) is 31.4 Å². The number of carboxylic acids is 1. The molecule has 0 radical (unpaired) electrons. The third-order valence-electron chi connectivity index (χ3n) is 3.91. The lowest BCUT2D eigenvalue weighted by Gasteiger charge is -2.14. The fraction of sp³-hybridized carbons (Fsp3) is 0.316. The summed E-state index contributed by atoms with van der Waals surface area (Å²) in [7, 11) is -2.49. The Morgan fingerprint density at radius 1 is 1.00 bits per heavy atom. The van der Waals surface area contributed by atoms with Gasteiger partial charge in [-0.1, -0.05) is 18.2 Å². The zero-order valence-corrected chi connectivity index (χ0v) is 15.3. The molecule has 1 N–H and O–H groups in total. The molecule has 0 aliphatic carbocycles. The maximum atomic E-state index is 12.6. The molecule has 0 spiro atoms. The normalized spacial score (nSPS) is 12.3. The predicted molar refractivity (Wildman–Crippen MR) is 97.4 cm³/mol. The van der Waals surface area contributed by atoms with E-state index in [4.69, 9.17) is 9.47 Å². The highest BCUT2D eigenvalue weighted by Gasteiger charge is 2.33. The topological polar surface area (TPSA) is 89.9 Å². The second-order valence-corrected chi connectivity index (χ2v) is 7.84. The molecule has 2 aromatic rings. The molecule has 7 heteroatoms. The summed E-state index contributed by atoms with van der Waals surface area (Å²) in [6.45, 7) is 0.402. The first-order valence-electron chi connectivity index (χ1n) is 8.24. The Labute approximate surface area is 153 Å². The summed E-state index contributed by atoms with van der Waals surface area (Å²) in [5.41, 5.74) is 0. The van der Waals surface area contributed by atoms with Crippen LogP contribution < -0.4 is 9.47 Å². The number of carboxylic acid groups (broad SMARTS) is 1. The van der Waals surface area contributed by atoms with Crippen LogP contribution >= 0.6 is 0 Å². The lowest BCUT2D eigenvalue weighted by Crippen LogP contribution is -2.30. The van der Waals surface area contributed by atoms with E-state index >= 15 is 0 Å². The Morgan fingerprint density at radius 2 is 1.65 bits per heavy atom. The molecule has 0 saturated heterocycles. The van der Waals surface area contributed by atoms with E-state index in [1.54, 1.807) is 0 Å². The minimum atomic E-state index is -3.96. The average Bonchev–Trinajstić information content (AvgIpc) is 2.65. The summed E-state index contributed by atoms with van der Waals surface area (Å²) < 4.78 is 35.7. The van der Waals surface area contributed by atoms with Crippen molar-refractivity contribution in [1.29, 1.82) is 0 Å². The van der Waals surface area contributed by atoms with Gasteiger partial charge in [0.05, 0.1) is 18.6 Å². The standard InChI is InChI=1S/C19H22O6S/c1-24-15-10-12-17(13-11-15)26(22,23)18(19(20)21)9-5-6-14-25-16-7-3-2-4-8-16/h2-4,7-8,10-13,18H,5-6,9,14H2,1H3,(H,20,21). The Kier molecular flexibility index (Phi) is 7.03. The van der Waals surface area contributed by atoms with Crippen LogP contribution in [0.2, 0.25) is 0 Å². The third-order valence-corrected chi connectivity index (χ3v) is 6.03. The summed E-state index contributed by atoms with van der Waals surface area (Å²) >= 11 is 0. The van der Waals surface area contributed by atoms with Crippen LogP contribution in [-0.4, -0.2) is 38.5 Å². The molecule has 0 aliphatic heterocycles. The van der Waals surface area contributed by atoms with Crippen molar-refractivity contribution in [3.8, 4) is 11.5 Å². The Balaban J connectivity index is 1.93. The molecule has 0 aliphatic rings. The number of aliphatic carboxylic acids is 1. The SMILES string of the molecule is COc1ccc(S(=O)(=O)C(CCCCOc2ccccc2)C(=O)O)cc1. The van der Waals surface area contributed by atoms with E-state index in [1.807, 2.05) is 30.3 Å². The fourth-order valence-corrected chi connectivity index (χ4v) is 4.07. The van der Waals surface area contributed by atoms with Gasteiger partial charge >= 0.3 is 5.97 Å². The van der Waals surface area contributed by atoms with Gasteiger partial charge in [-0.05, 0) is 55.7 Å². The van der Waals surface area contributed by atoms with Crippen LogP contribution in [0.25, 0.3) is 0 Å². The van der Waals surface area contributed by atoms with Crippen LogP contribution in [0.15, 0.2) is 59.5 Å². The van der Waals surface area contributed by atoms with Crippen molar-refractivity contribution in [1.82, 2.24) is 0 Å². The minimum absolute atomic E-state index is 0.0220. The van der Waals surface area contributed by atoms with Crippen molar-refractivity contribution >= 4 is 15.8 Å². The first-order valence-corrected chi connectivity index (χ1v) is 9.78. The van der Waals surface area contributed by atoms with Crippen LogP contribution in [0.4, 0.5) is 0 Å². The molecule has 0 amide bonds. The summed E-state index contributed by atoms with van der Waals surface area (Å²) in [6, 6.07) is 15.0. The molecule has 1 atom stereocenters. The van der Waals surface area contributed by atoms with Gasteiger partial charge < -0.3 is 14.6 Å². The second-order valence-electron chi connectivity index (χ2n) is 5.70. The highest BCUT2D eigenvalue weighted by molar-refractivity contribution is 7.92. The van der Waals surface area contributed by atoms with Gasteiger partial charge in [0.15, 0.2) is 15.1 Å². The summed E-state index contributed by atoms with van der Waals surface area (Å²) in [4.78, 5) is 11.5. The molecule has 1 unspecified atom stereocenters. The van der Waals surface area contributed by atoms with Crippen LogP contribution in [0.1, 0.15) is 19.3 Å². The molecule has 2 rings (SSSR count). The zero-order chi connectivity index (χ0) is 19.0. The summed E-state index contributed by atoms with van der Waals surface area (Å²) in [5, 5.41) is 7.89. The smallest absolute Gasteiger partial charge is 0.322 e. The number of hydrogen-bond acceptors (Lipinski definition) is 5. The number of benzene rings is 2. The number of sulfone groups is 1. The minimum Gasteiger partial charge on any atom is -0.497 e. The van der Waals surface area contributed by atoms with E-state index < -0.39 is 21.1 Å². The molecular formula is C19H22O6S. The van der Waals surface area contributed by atoms with Gasteiger partial charge in [-0.2, -0.15) is 0 Å². The lowest BCUT2D eigenvalue weighted by molar-refractivity contribution is -0.136. The first-order chi connectivity index (χ1) is 12.4. The van der Waals surface area contributed by atoms with Crippen LogP contribution in [-0.2, 0) is 14.6 Å². The van der Waals surface area contributed by atoms with E-state index in [0.717, 1.165) is 5.75 Å². The van der Waals surface area contributed by atoms with E-state index in [2.05, 4.69) is 0 Å². The van der Waals surface area contributed by atoms with Crippen molar-refractivity contribution in [2.24, 2.45) is 0 Å². The lowest BCUT2D eigenvalue weighted by atomic mass is 10.2. The van der Waals surface area contributed by atoms with E-state index in [0.29, 0.717) is 25.2 Å². The zero-order valence-electron chi connectivity index (χ0n) is 14.5. The molecule has 2 aromatic carbocycles. The molecule has 0 heterocycles. The highest BCUT2D eigenvalue weighted by atomic mass is 32.2. The average molecular weight is 378 g/mol. The second kappa shape index (κ2) is 9.24. The molecule has 0 fully saturated rings. The maximum absolute atomic E-state index is 12.6. The van der Waals surface area contributed by atoms with Gasteiger partial charge in [0.2, 0.25) is 0 Å². The fourth-order valence-electron chi connectivity index (χ4n) is 2.48. The van der Waals surface area contributed by atoms with Crippen molar-refractivity contribution < 1.29 is 27.8 Å². The van der Waals surface area contributed by atoms with Crippen molar-refractivity contribution in [3.05, 3.63) is 54.6 Å². The van der Waals surface area contributed by atoms with Crippen molar-refractivity contribution in [3.63, 3.8) is 0 Å². The van der Waals surface area contributed by atoms with Crippen molar-refractivity contribution in [2.45, 2.75) is 29.4 Å². The van der Waals surface area contributed by atoms with E-state index in [9.17, 15) is 18.3 Å². The molecule has 140 valence electrons. The molecule has 26 heavy (non-hydrogen) atoms. The molecule has 0 bridgehead atoms. The molecule has 0 aromatic heterocycles. The molecular weight excluding hydrogens is 356 g/mol. The molecule has 0 saturated carbocycles. The third kappa shape index (κ3) is 5.23. The maximum Gasteiger partial charge on any atom is 0.322 e. The number of ether oxygens (including phenoxy) is 2. The predicted octanol–water partition coefficient (Wildman–Crippen LogP) is 3.17. The monoisotopic (exact) mass is 378 g/mol. The Hall–Kier alpha value is -2.54. The van der Waals surface area contributed by atoms with Gasteiger partial charge in [-0.15, -0.1) is 0 Å². The van der Waals surface area contributed by atoms with Gasteiger partial charge in [0.25, 0.3) is 0 Å². The first kappa shape index (κ1) is 19.8. The number of carbonyl (C=O) groups is 1. The molecule has 6 nitrogen and oxygen atoms in total. The Morgan fingerprint density at radius 3 is 2.23 bits per heavy atom. The van der Waals surface area contributed by atoms with Gasteiger partial charge in [-0.3, -0.25) is 4.79 Å². The van der Waals surface area contributed by atoms with Crippen LogP contribution in [0, 0.1) is 0 Å². The van der Waals surface area contributed by atoms with Crippen molar-refractivity contribution in [2.75, 3.05) is 13.7 Å². The van der Waals surface area contributed by atoms with Crippen LogP contribution in [0.3, 0.4) is 0 Å². The largest absolute Gasteiger partial charge is 0.497 e. The number of rotatable bonds is 10. The van der Waals surface area contributed by atoms with Gasteiger partial charge in [0, 0.05) is 0 Å². The Bertz CT molecular complexity index is 800. The number of methoxy groups -OCH3 is 1. The van der Waals surface area contributed by atoms with Gasteiger partial charge in [0.1, 0.15) is 11.5 Å². The summed E-state index contributed by atoms with van der Waals surface area (Å²) in [6.07, 6.45) is 1.03. The summed E-state index contributed by atoms with van der Waals surface area (Å²) in [5.74, 6) is -0.105. The van der Waals surface area contributed by atoms with Gasteiger partial charge in [-0.25, -0.2) is 8.42 Å². The number of unbranched alkanes of at least 4 members (excludes halogenated alkanes) is 1.